The molecule has 0 N–H and O–H groups in total. The molecule has 1 aliphatic rings. The Morgan fingerprint density at radius 1 is 1.19 bits per heavy atom. The number of hydrogen-bond acceptors (Lipinski definition) is 3. The van der Waals surface area contributed by atoms with Crippen molar-refractivity contribution in [3.63, 3.8) is 0 Å². The van der Waals surface area contributed by atoms with Crippen LogP contribution in [0.5, 0.6) is 5.75 Å². The first-order valence-electron chi connectivity index (χ1n) is 9.13. The first-order chi connectivity index (χ1) is 13.1. The molecule has 5 nitrogen and oxygen atoms in total. The summed E-state index contributed by atoms with van der Waals surface area (Å²) in [5.41, 5.74) is 5.16. The molecule has 2 aromatic carbocycles. The minimum absolute atomic E-state index is 0.0124. The summed E-state index contributed by atoms with van der Waals surface area (Å²) in [4.78, 5) is 15.2. The van der Waals surface area contributed by atoms with Gasteiger partial charge in [0.2, 0.25) is 0 Å². The quantitative estimate of drug-likeness (QED) is 0.712. The molecule has 1 amide bonds. The fraction of sp³-hybridized carbons (Fsp3) is 0.273. The third-order valence-electron chi connectivity index (χ3n) is 5.30. The van der Waals surface area contributed by atoms with Gasteiger partial charge in [-0.3, -0.25) is 9.48 Å². The smallest absolute Gasteiger partial charge is 0.254 e. The second-order valence-electron chi connectivity index (χ2n) is 6.97. The van der Waals surface area contributed by atoms with Gasteiger partial charge in [0.15, 0.2) is 0 Å². The minimum atomic E-state index is 0.0124. The zero-order chi connectivity index (χ0) is 19.0. The zero-order valence-electron chi connectivity index (χ0n) is 15.8. The highest BCUT2D eigenvalue weighted by molar-refractivity contribution is 5.96. The molecule has 1 aliphatic heterocycles. The molecule has 27 heavy (non-hydrogen) atoms. The normalized spacial score (nSPS) is 16.1. The van der Waals surface area contributed by atoms with E-state index in [1.807, 2.05) is 60.7 Å². The van der Waals surface area contributed by atoms with Crippen molar-refractivity contribution in [3.8, 4) is 16.9 Å². The number of carbonyl (C=O) groups excluding carboxylic acids is 1. The van der Waals surface area contributed by atoms with E-state index in [1.165, 1.54) is 5.56 Å². The summed E-state index contributed by atoms with van der Waals surface area (Å²) in [5, 5.41) is 4.22. The van der Waals surface area contributed by atoms with Crippen molar-refractivity contribution in [2.45, 2.75) is 19.4 Å². The van der Waals surface area contributed by atoms with Gasteiger partial charge in [-0.05, 0) is 54.3 Å². The number of amides is 1. The van der Waals surface area contributed by atoms with E-state index >= 15 is 0 Å². The highest BCUT2D eigenvalue weighted by atomic mass is 16.5. The van der Waals surface area contributed by atoms with Gasteiger partial charge in [-0.15, -0.1) is 0 Å². The number of aryl methyl sites for hydroxylation is 1. The van der Waals surface area contributed by atoms with Gasteiger partial charge >= 0.3 is 0 Å². The Hall–Kier alpha value is -3.08. The second kappa shape index (κ2) is 6.91. The standard InChI is InChI=1S/C22H23N3O2/c1-15-21-12-20(27-3)8-7-16(21)9-10-25(15)22(26)18-6-4-5-17(11-18)19-13-23-24(2)14-19/h4-8,11-15H,9-10H2,1-3H3/t15-/m1/s1. The van der Waals surface area contributed by atoms with Crippen LogP contribution in [0, 0.1) is 0 Å². The molecular formula is C22H23N3O2. The third-order valence-corrected chi connectivity index (χ3v) is 5.30. The van der Waals surface area contributed by atoms with Gasteiger partial charge in [-0.25, -0.2) is 0 Å². The second-order valence-corrected chi connectivity index (χ2v) is 6.97. The Kier molecular flexibility index (Phi) is 4.44. The number of methoxy groups -OCH3 is 1. The summed E-state index contributed by atoms with van der Waals surface area (Å²) < 4.78 is 7.13. The Balaban J connectivity index is 1.63. The van der Waals surface area contributed by atoms with Crippen molar-refractivity contribution in [3.05, 3.63) is 71.5 Å². The third kappa shape index (κ3) is 3.21. The molecule has 0 aliphatic carbocycles. The molecule has 1 aromatic heterocycles. The van der Waals surface area contributed by atoms with Gasteiger partial charge in [0, 0.05) is 30.9 Å². The maximum absolute atomic E-state index is 13.2. The molecule has 1 atom stereocenters. The number of ether oxygens (including phenoxy) is 1. The summed E-state index contributed by atoms with van der Waals surface area (Å²) in [6.45, 7) is 2.80. The van der Waals surface area contributed by atoms with E-state index in [4.69, 9.17) is 4.74 Å². The van der Waals surface area contributed by atoms with Gasteiger partial charge in [-0.1, -0.05) is 18.2 Å². The molecular weight excluding hydrogens is 338 g/mol. The Morgan fingerprint density at radius 2 is 2.04 bits per heavy atom. The lowest BCUT2D eigenvalue weighted by molar-refractivity contribution is 0.0677. The van der Waals surface area contributed by atoms with Crippen molar-refractivity contribution >= 4 is 5.91 Å². The predicted octanol–water partition coefficient (Wildman–Crippen LogP) is 3.86. The maximum atomic E-state index is 13.2. The largest absolute Gasteiger partial charge is 0.497 e. The number of hydrogen-bond donors (Lipinski definition) is 0. The minimum Gasteiger partial charge on any atom is -0.497 e. The van der Waals surface area contributed by atoms with E-state index in [-0.39, 0.29) is 11.9 Å². The van der Waals surface area contributed by atoms with Crippen LogP contribution < -0.4 is 4.74 Å². The first kappa shape index (κ1) is 17.3. The molecule has 0 spiro atoms. The van der Waals surface area contributed by atoms with Crippen LogP contribution in [0.15, 0.2) is 54.9 Å². The predicted molar refractivity (Wildman–Crippen MR) is 105 cm³/mol. The number of nitrogens with zero attached hydrogens (tertiary/aromatic N) is 3. The topological polar surface area (TPSA) is 47.4 Å². The molecule has 0 saturated heterocycles. The van der Waals surface area contributed by atoms with E-state index in [2.05, 4.69) is 18.1 Å². The lowest BCUT2D eigenvalue weighted by atomic mass is 9.92. The van der Waals surface area contributed by atoms with Crippen molar-refractivity contribution in [2.75, 3.05) is 13.7 Å². The van der Waals surface area contributed by atoms with Gasteiger partial charge in [0.1, 0.15) is 5.75 Å². The average molecular weight is 361 g/mol. The van der Waals surface area contributed by atoms with Crippen LogP contribution in [0.25, 0.3) is 11.1 Å². The molecule has 0 fully saturated rings. The summed E-state index contributed by atoms with van der Waals surface area (Å²) >= 11 is 0. The van der Waals surface area contributed by atoms with Crippen molar-refractivity contribution in [2.24, 2.45) is 7.05 Å². The van der Waals surface area contributed by atoms with Crippen molar-refractivity contribution in [1.82, 2.24) is 14.7 Å². The van der Waals surface area contributed by atoms with Crippen LogP contribution >= 0.6 is 0 Å². The van der Waals surface area contributed by atoms with E-state index in [0.717, 1.165) is 35.4 Å². The maximum Gasteiger partial charge on any atom is 0.254 e. The van der Waals surface area contributed by atoms with Crippen LogP contribution in [0.1, 0.15) is 34.5 Å². The van der Waals surface area contributed by atoms with Gasteiger partial charge in [0.05, 0.1) is 19.3 Å². The van der Waals surface area contributed by atoms with Crippen LogP contribution in [-0.2, 0) is 13.5 Å². The summed E-state index contributed by atoms with van der Waals surface area (Å²) in [5.74, 6) is 0.884. The SMILES string of the molecule is COc1ccc2c(c1)[C@@H](C)N(C(=O)c1cccc(-c3cnn(C)c3)c1)CC2. The molecule has 2 heterocycles. The molecule has 4 rings (SSSR count). The molecule has 0 unspecified atom stereocenters. The van der Waals surface area contributed by atoms with Crippen LogP contribution in [0.2, 0.25) is 0 Å². The summed E-state index contributed by atoms with van der Waals surface area (Å²) in [7, 11) is 3.56. The molecule has 138 valence electrons. The van der Waals surface area contributed by atoms with Crippen molar-refractivity contribution < 1.29 is 9.53 Å². The number of benzene rings is 2. The number of carbonyl (C=O) groups is 1. The van der Waals surface area contributed by atoms with Crippen molar-refractivity contribution in [1.29, 1.82) is 0 Å². The molecule has 0 saturated carbocycles. The highest BCUT2D eigenvalue weighted by Crippen LogP contribution is 2.33. The highest BCUT2D eigenvalue weighted by Gasteiger charge is 2.28. The number of rotatable bonds is 3. The lowest BCUT2D eigenvalue weighted by Crippen LogP contribution is -2.38. The van der Waals surface area contributed by atoms with Gasteiger partial charge in [-0.2, -0.15) is 5.10 Å². The van der Waals surface area contributed by atoms with E-state index in [0.29, 0.717) is 5.56 Å². The zero-order valence-corrected chi connectivity index (χ0v) is 15.8. The Morgan fingerprint density at radius 3 is 2.78 bits per heavy atom. The fourth-order valence-corrected chi connectivity index (χ4v) is 3.76. The average Bonchev–Trinajstić information content (AvgIpc) is 3.14. The van der Waals surface area contributed by atoms with E-state index in [9.17, 15) is 4.79 Å². The molecule has 0 radical (unpaired) electrons. The summed E-state index contributed by atoms with van der Waals surface area (Å²) in [6, 6.07) is 13.9. The number of aromatic nitrogens is 2. The Labute approximate surface area is 159 Å². The Bertz CT molecular complexity index is 993. The van der Waals surface area contributed by atoms with E-state index < -0.39 is 0 Å². The number of fused-ring (bicyclic) bond motifs is 1. The van der Waals surface area contributed by atoms with Crippen LogP contribution in [0.3, 0.4) is 0 Å². The van der Waals surface area contributed by atoms with E-state index in [1.54, 1.807) is 11.8 Å². The fourth-order valence-electron chi connectivity index (χ4n) is 3.76. The van der Waals surface area contributed by atoms with Crippen LogP contribution in [0.4, 0.5) is 0 Å². The summed E-state index contributed by atoms with van der Waals surface area (Å²) in [6.07, 6.45) is 4.63. The monoisotopic (exact) mass is 361 g/mol. The van der Waals surface area contributed by atoms with Crippen LogP contribution in [-0.4, -0.2) is 34.2 Å². The lowest BCUT2D eigenvalue weighted by Gasteiger charge is -2.35. The first-order valence-corrected chi connectivity index (χ1v) is 9.13. The van der Waals surface area contributed by atoms with Gasteiger partial charge in [0.25, 0.3) is 5.91 Å². The molecule has 3 aromatic rings. The molecule has 0 bridgehead atoms. The van der Waals surface area contributed by atoms with Gasteiger partial charge < -0.3 is 9.64 Å². The molecule has 5 heteroatoms.